The van der Waals surface area contributed by atoms with Gasteiger partial charge in [-0.25, -0.2) is 0 Å². The summed E-state index contributed by atoms with van der Waals surface area (Å²) < 4.78 is 0.595. The number of aliphatic hydroxyl groups excluding tert-OH is 1. The molecule has 0 heterocycles. The summed E-state index contributed by atoms with van der Waals surface area (Å²) in [6.07, 6.45) is -0.547. The Morgan fingerprint density at radius 1 is 1.62 bits per heavy atom. The van der Waals surface area contributed by atoms with Crippen LogP contribution in [-0.4, -0.2) is 35.6 Å². The third-order valence-corrected chi connectivity index (χ3v) is 3.03. The van der Waals surface area contributed by atoms with Crippen LogP contribution in [0.25, 0.3) is 0 Å². The second-order valence-corrected chi connectivity index (χ2v) is 4.54. The number of likely N-dealkylation sites (N-methyl/N-ethyl adjacent to an activating group) is 1. The quantitative estimate of drug-likeness (QED) is 0.828. The highest BCUT2D eigenvalue weighted by Gasteiger charge is 2.16. The fourth-order valence-electron chi connectivity index (χ4n) is 1.40. The van der Waals surface area contributed by atoms with Crippen LogP contribution < -0.4 is 5.73 Å². The lowest BCUT2D eigenvalue weighted by molar-refractivity contribution is 0.0703. The van der Waals surface area contributed by atoms with Crippen molar-refractivity contribution in [3.8, 4) is 0 Å². The van der Waals surface area contributed by atoms with E-state index in [9.17, 15) is 9.90 Å². The number of hydrogen-bond donors (Lipinski definition) is 2. The van der Waals surface area contributed by atoms with Crippen LogP contribution in [0.15, 0.2) is 22.7 Å². The van der Waals surface area contributed by atoms with Crippen molar-refractivity contribution in [1.82, 2.24) is 4.90 Å². The number of anilines is 1. The maximum absolute atomic E-state index is 12.0. The van der Waals surface area contributed by atoms with Gasteiger partial charge in [-0.3, -0.25) is 4.79 Å². The molecule has 0 fully saturated rings. The summed E-state index contributed by atoms with van der Waals surface area (Å²) in [4.78, 5) is 13.4. The van der Waals surface area contributed by atoms with Crippen LogP contribution in [-0.2, 0) is 0 Å². The molecule has 5 heteroatoms. The molecule has 0 aliphatic heterocycles. The Kier molecular flexibility index (Phi) is 4.32. The summed E-state index contributed by atoms with van der Waals surface area (Å²) in [5.41, 5.74) is 6.72. The van der Waals surface area contributed by atoms with Gasteiger partial charge >= 0.3 is 0 Å². The van der Waals surface area contributed by atoms with Crippen LogP contribution in [0, 0.1) is 0 Å². The van der Waals surface area contributed by atoms with Gasteiger partial charge in [0.1, 0.15) is 0 Å². The summed E-state index contributed by atoms with van der Waals surface area (Å²) in [5, 5.41) is 9.21. The Morgan fingerprint density at radius 2 is 2.25 bits per heavy atom. The molecule has 0 aromatic heterocycles. The Balaban J connectivity index is 2.92. The normalized spacial score (nSPS) is 12.2. The van der Waals surface area contributed by atoms with Crippen molar-refractivity contribution < 1.29 is 9.90 Å². The molecular weight excluding hydrogens is 272 g/mol. The van der Waals surface area contributed by atoms with Crippen molar-refractivity contribution >= 4 is 27.5 Å². The number of nitrogens with zero attached hydrogens (tertiary/aromatic N) is 1. The van der Waals surface area contributed by atoms with E-state index in [4.69, 9.17) is 5.73 Å². The Morgan fingerprint density at radius 3 is 2.81 bits per heavy atom. The third-order valence-electron chi connectivity index (χ3n) is 2.14. The van der Waals surface area contributed by atoms with Gasteiger partial charge in [0.2, 0.25) is 0 Å². The van der Waals surface area contributed by atoms with Crippen molar-refractivity contribution in [2.75, 3.05) is 19.3 Å². The molecule has 1 atom stereocenters. The van der Waals surface area contributed by atoms with E-state index in [1.165, 1.54) is 4.90 Å². The molecule has 1 unspecified atom stereocenters. The molecule has 0 aliphatic carbocycles. The van der Waals surface area contributed by atoms with E-state index < -0.39 is 6.10 Å². The number of carbonyl (C=O) groups excluding carboxylic acids is 1. The molecule has 1 aromatic carbocycles. The number of rotatable bonds is 3. The van der Waals surface area contributed by atoms with E-state index >= 15 is 0 Å². The minimum Gasteiger partial charge on any atom is -0.398 e. The number of benzene rings is 1. The molecule has 0 saturated carbocycles. The van der Waals surface area contributed by atoms with Gasteiger partial charge in [-0.1, -0.05) is 6.07 Å². The molecular formula is C11H15BrN2O2. The van der Waals surface area contributed by atoms with Crippen LogP contribution in [0.5, 0.6) is 0 Å². The first-order valence-electron chi connectivity index (χ1n) is 4.91. The number of carbonyl (C=O) groups is 1. The Labute approximate surface area is 103 Å². The summed E-state index contributed by atoms with van der Waals surface area (Å²) in [6.45, 7) is 1.93. The van der Waals surface area contributed by atoms with Crippen molar-refractivity contribution in [1.29, 1.82) is 0 Å². The van der Waals surface area contributed by atoms with E-state index in [0.29, 0.717) is 22.3 Å². The van der Waals surface area contributed by atoms with Gasteiger partial charge in [-0.15, -0.1) is 0 Å². The van der Waals surface area contributed by atoms with Gasteiger partial charge in [0.05, 0.1) is 16.1 Å². The SMILES string of the molecule is CC(O)CN(C)C(=O)c1cccc(N)c1Br. The van der Waals surface area contributed by atoms with E-state index in [-0.39, 0.29) is 5.91 Å². The zero-order chi connectivity index (χ0) is 12.3. The van der Waals surface area contributed by atoms with Crippen molar-refractivity contribution in [2.24, 2.45) is 0 Å². The van der Waals surface area contributed by atoms with Crippen LogP contribution in [0.2, 0.25) is 0 Å². The van der Waals surface area contributed by atoms with Gasteiger partial charge in [-0.2, -0.15) is 0 Å². The number of nitrogen functional groups attached to an aromatic ring is 1. The number of nitrogens with two attached hydrogens (primary N) is 1. The van der Waals surface area contributed by atoms with Gasteiger partial charge in [0.25, 0.3) is 5.91 Å². The summed E-state index contributed by atoms with van der Waals surface area (Å²) >= 11 is 3.28. The first-order chi connectivity index (χ1) is 7.43. The van der Waals surface area contributed by atoms with Crippen molar-refractivity contribution in [2.45, 2.75) is 13.0 Å². The monoisotopic (exact) mass is 286 g/mol. The molecule has 1 aromatic rings. The van der Waals surface area contributed by atoms with Crippen LogP contribution in [0.1, 0.15) is 17.3 Å². The summed E-state index contributed by atoms with van der Waals surface area (Å²) in [5.74, 6) is -0.167. The Hall–Kier alpha value is -1.07. The average molecular weight is 287 g/mol. The zero-order valence-electron chi connectivity index (χ0n) is 9.27. The molecule has 0 spiro atoms. The predicted molar refractivity (Wildman–Crippen MR) is 67.2 cm³/mol. The second-order valence-electron chi connectivity index (χ2n) is 3.74. The van der Waals surface area contributed by atoms with Crippen LogP contribution in [0.4, 0.5) is 5.69 Å². The molecule has 1 rings (SSSR count). The summed E-state index contributed by atoms with van der Waals surface area (Å²) in [7, 11) is 1.64. The third kappa shape index (κ3) is 2.96. The largest absolute Gasteiger partial charge is 0.398 e. The van der Waals surface area contributed by atoms with E-state index in [1.54, 1.807) is 32.2 Å². The first kappa shape index (κ1) is 13.0. The molecule has 88 valence electrons. The predicted octanol–water partition coefficient (Wildman–Crippen LogP) is 1.48. The Bertz CT molecular complexity index is 394. The molecule has 0 saturated heterocycles. The second kappa shape index (κ2) is 5.32. The molecule has 4 nitrogen and oxygen atoms in total. The fraction of sp³-hybridized carbons (Fsp3) is 0.364. The molecule has 0 radical (unpaired) electrons. The van der Waals surface area contributed by atoms with Gasteiger partial charge in [0.15, 0.2) is 0 Å². The topological polar surface area (TPSA) is 66.6 Å². The fourth-order valence-corrected chi connectivity index (χ4v) is 1.83. The lowest BCUT2D eigenvalue weighted by Crippen LogP contribution is -2.33. The van der Waals surface area contributed by atoms with Gasteiger partial charge in [0, 0.05) is 19.3 Å². The van der Waals surface area contributed by atoms with Gasteiger partial charge in [-0.05, 0) is 35.0 Å². The molecule has 3 N–H and O–H groups in total. The average Bonchev–Trinajstić information content (AvgIpc) is 2.20. The lowest BCUT2D eigenvalue weighted by atomic mass is 10.1. The van der Waals surface area contributed by atoms with Crippen LogP contribution in [0.3, 0.4) is 0 Å². The number of hydrogen-bond acceptors (Lipinski definition) is 3. The molecule has 0 bridgehead atoms. The summed E-state index contributed by atoms with van der Waals surface area (Å²) in [6, 6.07) is 5.14. The molecule has 16 heavy (non-hydrogen) atoms. The smallest absolute Gasteiger partial charge is 0.254 e. The highest BCUT2D eigenvalue weighted by Crippen LogP contribution is 2.24. The lowest BCUT2D eigenvalue weighted by Gasteiger charge is -2.19. The minimum atomic E-state index is -0.547. The molecule has 1 amide bonds. The molecule has 0 aliphatic rings. The van der Waals surface area contributed by atoms with Crippen molar-refractivity contribution in [3.05, 3.63) is 28.2 Å². The standard InChI is InChI=1S/C11H15BrN2O2/c1-7(15)6-14(2)11(16)8-4-3-5-9(13)10(8)12/h3-5,7,15H,6,13H2,1-2H3. The van der Waals surface area contributed by atoms with E-state index in [2.05, 4.69) is 15.9 Å². The highest BCUT2D eigenvalue weighted by molar-refractivity contribution is 9.10. The minimum absolute atomic E-state index is 0.167. The van der Waals surface area contributed by atoms with Gasteiger partial charge < -0.3 is 15.7 Å². The number of aliphatic hydroxyl groups is 1. The highest BCUT2D eigenvalue weighted by atomic mass is 79.9. The van der Waals surface area contributed by atoms with Crippen molar-refractivity contribution in [3.63, 3.8) is 0 Å². The maximum Gasteiger partial charge on any atom is 0.254 e. The zero-order valence-corrected chi connectivity index (χ0v) is 10.9. The van der Waals surface area contributed by atoms with E-state index in [1.807, 2.05) is 0 Å². The van der Waals surface area contributed by atoms with E-state index in [0.717, 1.165) is 0 Å². The first-order valence-corrected chi connectivity index (χ1v) is 5.70. The van der Waals surface area contributed by atoms with Crippen LogP contribution >= 0.6 is 15.9 Å². The number of amides is 1. The number of halogens is 1. The maximum atomic E-state index is 12.0.